The van der Waals surface area contributed by atoms with Gasteiger partial charge in [-0.15, -0.1) is 0 Å². The van der Waals surface area contributed by atoms with Gasteiger partial charge in [-0.1, -0.05) is 31.5 Å². The van der Waals surface area contributed by atoms with E-state index in [2.05, 4.69) is 24.1 Å². The molecule has 2 rings (SSSR count). The summed E-state index contributed by atoms with van der Waals surface area (Å²) in [5.74, 6) is 0.696. The highest BCUT2D eigenvalue weighted by Gasteiger charge is 2.05. The quantitative estimate of drug-likeness (QED) is 0.889. The largest absolute Gasteiger partial charge is 0.486 e. The Labute approximate surface area is 124 Å². The average molecular weight is 294 g/mol. The van der Waals surface area contributed by atoms with Gasteiger partial charge in [-0.05, 0) is 17.7 Å². The molecule has 1 N–H and O–H groups in total. The molecule has 0 fully saturated rings. The Bertz CT molecular complexity index is 566. The maximum atomic E-state index is 6.25. The minimum absolute atomic E-state index is 0.453. The van der Waals surface area contributed by atoms with Crippen molar-refractivity contribution in [2.45, 2.75) is 33.0 Å². The van der Waals surface area contributed by atoms with Crippen molar-refractivity contribution in [3.8, 4) is 5.75 Å². The molecular weight excluding hydrogens is 274 g/mol. The predicted octanol–water partition coefficient (Wildman–Crippen LogP) is 3.15. The van der Waals surface area contributed by atoms with Crippen molar-refractivity contribution in [1.82, 2.24) is 14.9 Å². The average Bonchev–Trinajstić information content (AvgIpc) is 2.81. The van der Waals surface area contributed by atoms with Crippen LogP contribution in [0.15, 0.2) is 30.7 Å². The molecule has 0 unspecified atom stereocenters. The molecule has 0 atom stereocenters. The summed E-state index contributed by atoms with van der Waals surface area (Å²) in [4.78, 5) is 4.05. The highest BCUT2D eigenvalue weighted by atomic mass is 35.5. The first-order valence-electron chi connectivity index (χ1n) is 6.66. The predicted molar refractivity (Wildman–Crippen MR) is 81.0 cm³/mol. The highest BCUT2D eigenvalue weighted by molar-refractivity contribution is 6.32. The zero-order valence-corrected chi connectivity index (χ0v) is 12.8. The topological polar surface area (TPSA) is 39.1 Å². The molecule has 0 amide bonds. The van der Waals surface area contributed by atoms with Crippen LogP contribution in [0.2, 0.25) is 5.02 Å². The lowest BCUT2D eigenvalue weighted by Crippen LogP contribution is -2.21. The molecule has 20 heavy (non-hydrogen) atoms. The Morgan fingerprint density at radius 2 is 2.20 bits per heavy atom. The van der Waals surface area contributed by atoms with Crippen LogP contribution in [0, 0.1) is 0 Å². The van der Waals surface area contributed by atoms with Crippen molar-refractivity contribution < 1.29 is 4.74 Å². The number of nitrogens with one attached hydrogen (secondary N) is 1. The van der Waals surface area contributed by atoms with E-state index in [1.54, 1.807) is 12.5 Å². The highest BCUT2D eigenvalue weighted by Crippen LogP contribution is 2.26. The first-order chi connectivity index (χ1) is 9.56. The monoisotopic (exact) mass is 293 g/mol. The third-order valence-corrected chi connectivity index (χ3v) is 3.30. The standard InChI is InChI=1S/C15H20ClN3O/c1-11(2)18-7-12-4-5-15(14(16)6-12)20-9-13-8-17-10-19(13)3/h4-6,8,10-11,18H,7,9H2,1-3H3. The maximum Gasteiger partial charge on any atom is 0.138 e. The minimum atomic E-state index is 0.453. The van der Waals surface area contributed by atoms with Crippen molar-refractivity contribution in [1.29, 1.82) is 0 Å². The van der Waals surface area contributed by atoms with Crippen molar-refractivity contribution in [2.24, 2.45) is 7.05 Å². The second-order valence-electron chi connectivity index (χ2n) is 5.08. The van der Waals surface area contributed by atoms with E-state index in [4.69, 9.17) is 16.3 Å². The molecule has 0 saturated heterocycles. The number of benzene rings is 1. The Balaban J connectivity index is 1.97. The lowest BCUT2D eigenvalue weighted by atomic mass is 10.2. The molecular formula is C15H20ClN3O. The Morgan fingerprint density at radius 1 is 1.40 bits per heavy atom. The van der Waals surface area contributed by atoms with Crippen LogP contribution in [0.3, 0.4) is 0 Å². The van der Waals surface area contributed by atoms with Gasteiger partial charge in [0.15, 0.2) is 0 Å². The number of aryl methyl sites for hydroxylation is 1. The number of rotatable bonds is 6. The molecule has 0 bridgehead atoms. The van der Waals surface area contributed by atoms with Gasteiger partial charge in [0, 0.05) is 19.6 Å². The molecule has 1 heterocycles. The molecule has 108 valence electrons. The van der Waals surface area contributed by atoms with Crippen LogP contribution in [0.5, 0.6) is 5.75 Å². The van der Waals surface area contributed by atoms with Gasteiger partial charge in [0.05, 0.1) is 23.2 Å². The van der Waals surface area contributed by atoms with E-state index in [0.29, 0.717) is 23.4 Å². The van der Waals surface area contributed by atoms with Crippen LogP contribution in [0.1, 0.15) is 25.1 Å². The second kappa shape index (κ2) is 6.77. The van der Waals surface area contributed by atoms with Crippen molar-refractivity contribution in [2.75, 3.05) is 0 Å². The third-order valence-electron chi connectivity index (χ3n) is 3.00. The van der Waals surface area contributed by atoms with Gasteiger partial charge < -0.3 is 14.6 Å². The molecule has 5 heteroatoms. The molecule has 0 aliphatic carbocycles. The van der Waals surface area contributed by atoms with Crippen LogP contribution in [-0.2, 0) is 20.2 Å². The molecule has 0 spiro atoms. The van der Waals surface area contributed by atoms with Gasteiger partial charge >= 0.3 is 0 Å². The Hall–Kier alpha value is -1.52. The number of halogens is 1. The molecule has 1 aromatic heterocycles. The molecule has 4 nitrogen and oxygen atoms in total. The molecule has 0 aliphatic rings. The van der Waals surface area contributed by atoms with Gasteiger partial charge in [0.2, 0.25) is 0 Å². The van der Waals surface area contributed by atoms with E-state index in [0.717, 1.165) is 17.8 Å². The fourth-order valence-electron chi connectivity index (χ4n) is 1.77. The summed E-state index contributed by atoms with van der Waals surface area (Å²) in [6.45, 7) is 5.50. The molecule has 2 aromatic rings. The van der Waals surface area contributed by atoms with E-state index < -0.39 is 0 Å². The zero-order chi connectivity index (χ0) is 14.5. The third kappa shape index (κ3) is 3.99. The number of hydrogen-bond acceptors (Lipinski definition) is 3. The van der Waals surface area contributed by atoms with Gasteiger partial charge in [0.1, 0.15) is 12.4 Å². The van der Waals surface area contributed by atoms with Crippen LogP contribution < -0.4 is 10.1 Å². The Morgan fingerprint density at radius 3 is 2.80 bits per heavy atom. The summed E-state index contributed by atoms with van der Waals surface area (Å²) < 4.78 is 7.65. The van der Waals surface area contributed by atoms with Gasteiger partial charge in [-0.2, -0.15) is 0 Å². The smallest absolute Gasteiger partial charge is 0.138 e. The summed E-state index contributed by atoms with van der Waals surface area (Å²) in [7, 11) is 1.94. The maximum absolute atomic E-state index is 6.25. The number of aromatic nitrogens is 2. The van der Waals surface area contributed by atoms with E-state index in [1.165, 1.54) is 0 Å². The lowest BCUT2D eigenvalue weighted by Gasteiger charge is -2.11. The van der Waals surface area contributed by atoms with E-state index >= 15 is 0 Å². The van der Waals surface area contributed by atoms with Crippen molar-refractivity contribution in [3.05, 3.63) is 47.0 Å². The fraction of sp³-hybridized carbons (Fsp3) is 0.400. The minimum Gasteiger partial charge on any atom is -0.486 e. The number of hydrogen-bond donors (Lipinski definition) is 1. The first-order valence-corrected chi connectivity index (χ1v) is 7.04. The van der Waals surface area contributed by atoms with Gasteiger partial charge in [-0.25, -0.2) is 4.98 Å². The summed E-state index contributed by atoms with van der Waals surface area (Å²) in [6, 6.07) is 6.33. The molecule has 0 saturated carbocycles. The van der Waals surface area contributed by atoms with Crippen molar-refractivity contribution >= 4 is 11.6 Å². The van der Waals surface area contributed by atoms with E-state index in [1.807, 2.05) is 29.8 Å². The summed E-state index contributed by atoms with van der Waals surface area (Å²) in [5, 5.41) is 3.99. The van der Waals surface area contributed by atoms with E-state index in [9.17, 15) is 0 Å². The fourth-order valence-corrected chi connectivity index (χ4v) is 2.03. The van der Waals surface area contributed by atoms with Crippen molar-refractivity contribution in [3.63, 3.8) is 0 Å². The molecule has 0 aliphatic heterocycles. The lowest BCUT2D eigenvalue weighted by molar-refractivity contribution is 0.297. The van der Waals surface area contributed by atoms with Crippen LogP contribution in [0.25, 0.3) is 0 Å². The normalized spacial score (nSPS) is 11.1. The molecule has 0 radical (unpaired) electrons. The number of imidazole rings is 1. The van der Waals surface area contributed by atoms with Crippen LogP contribution in [0.4, 0.5) is 0 Å². The number of ether oxygens (including phenoxy) is 1. The summed E-state index contributed by atoms with van der Waals surface area (Å²) in [6.07, 6.45) is 3.54. The molecule has 1 aromatic carbocycles. The van der Waals surface area contributed by atoms with Crippen LogP contribution >= 0.6 is 11.6 Å². The Kier molecular flexibility index (Phi) is 5.04. The SMILES string of the molecule is CC(C)NCc1ccc(OCc2cncn2C)c(Cl)c1. The zero-order valence-electron chi connectivity index (χ0n) is 12.1. The first kappa shape index (κ1) is 14.9. The van der Waals surface area contributed by atoms with Gasteiger partial charge in [0.25, 0.3) is 0 Å². The summed E-state index contributed by atoms with van der Waals surface area (Å²) >= 11 is 6.25. The van der Waals surface area contributed by atoms with Crippen LogP contribution in [-0.4, -0.2) is 15.6 Å². The van der Waals surface area contributed by atoms with E-state index in [-0.39, 0.29) is 0 Å². The second-order valence-corrected chi connectivity index (χ2v) is 5.49. The number of nitrogens with zero attached hydrogens (tertiary/aromatic N) is 2. The summed E-state index contributed by atoms with van der Waals surface area (Å²) in [5.41, 5.74) is 2.16. The van der Waals surface area contributed by atoms with Gasteiger partial charge in [-0.3, -0.25) is 0 Å².